The molecule has 6 rings (SSSR count). The highest BCUT2D eigenvalue weighted by Crippen LogP contribution is 2.21. The number of para-hydroxylation sites is 1. The number of hydrogen-bond donors (Lipinski definition) is 1. The lowest BCUT2D eigenvalue weighted by Crippen LogP contribution is -2.33. The summed E-state index contributed by atoms with van der Waals surface area (Å²) in [6, 6.07) is 15.7. The first kappa shape index (κ1) is 24.8. The minimum Gasteiger partial charge on any atom is -0.342 e. The highest BCUT2D eigenvalue weighted by atomic mass is 16.2. The number of nitrogens with zero attached hydrogens (tertiary/aromatic N) is 7. The lowest BCUT2D eigenvalue weighted by Gasteiger charge is -2.20. The van der Waals surface area contributed by atoms with Crippen LogP contribution >= 0.6 is 0 Å². The molecule has 196 valence electrons. The van der Waals surface area contributed by atoms with E-state index in [0.29, 0.717) is 44.9 Å². The summed E-state index contributed by atoms with van der Waals surface area (Å²) < 4.78 is 4.91. The predicted octanol–water partition coefficient (Wildman–Crippen LogP) is 3.36. The van der Waals surface area contributed by atoms with Crippen LogP contribution in [0.5, 0.6) is 0 Å². The molecule has 0 fully saturated rings. The molecule has 0 aliphatic heterocycles. The standard InChI is InChI=1S/C30H24N8O2/c1-19-25(28-32-15-8-16-37(28)35-19)29(39)33-20(2)27-34-24-12-7-9-21(13-14-23-17-31-18-36(23)3)26(24)30(40)38(27)22-10-5-4-6-11-22/h4-12,15-18,20H,1-3H3,(H,33,39)/t20-/m1/s1. The molecule has 4 aromatic heterocycles. The van der Waals surface area contributed by atoms with E-state index in [1.807, 2.05) is 48.0 Å². The van der Waals surface area contributed by atoms with Crippen molar-refractivity contribution in [2.45, 2.75) is 19.9 Å². The van der Waals surface area contributed by atoms with Crippen molar-refractivity contribution in [2.24, 2.45) is 7.05 Å². The molecule has 0 spiro atoms. The van der Waals surface area contributed by atoms with Crippen LogP contribution in [-0.2, 0) is 7.05 Å². The first-order valence-electron chi connectivity index (χ1n) is 12.6. The molecule has 0 bridgehead atoms. The zero-order valence-electron chi connectivity index (χ0n) is 22.0. The minimum absolute atomic E-state index is 0.281. The number of imidazole rings is 1. The zero-order chi connectivity index (χ0) is 27.8. The van der Waals surface area contributed by atoms with Crippen LogP contribution in [0.1, 0.15) is 46.1 Å². The van der Waals surface area contributed by atoms with Crippen LogP contribution in [0.3, 0.4) is 0 Å². The van der Waals surface area contributed by atoms with E-state index >= 15 is 0 Å². The van der Waals surface area contributed by atoms with Gasteiger partial charge in [-0.05, 0) is 50.1 Å². The maximum absolute atomic E-state index is 14.1. The lowest BCUT2D eigenvalue weighted by atomic mass is 10.1. The Morgan fingerprint density at radius 3 is 2.65 bits per heavy atom. The van der Waals surface area contributed by atoms with Gasteiger partial charge >= 0.3 is 0 Å². The van der Waals surface area contributed by atoms with Gasteiger partial charge in [-0.2, -0.15) is 5.10 Å². The Labute approximate surface area is 229 Å². The van der Waals surface area contributed by atoms with Gasteiger partial charge in [0.2, 0.25) is 0 Å². The third kappa shape index (κ3) is 4.29. The van der Waals surface area contributed by atoms with Crippen molar-refractivity contribution < 1.29 is 4.79 Å². The van der Waals surface area contributed by atoms with E-state index in [0.717, 1.165) is 5.69 Å². The number of nitrogens with one attached hydrogen (secondary N) is 1. The van der Waals surface area contributed by atoms with Crippen LogP contribution in [0.15, 0.2) is 84.3 Å². The quantitative estimate of drug-likeness (QED) is 0.351. The summed E-state index contributed by atoms with van der Waals surface area (Å²) in [6.45, 7) is 3.56. The van der Waals surface area contributed by atoms with E-state index in [4.69, 9.17) is 4.98 Å². The minimum atomic E-state index is -0.632. The van der Waals surface area contributed by atoms with Crippen molar-refractivity contribution in [3.05, 3.63) is 118 Å². The molecule has 1 amide bonds. The van der Waals surface area contributed by atoms with E-state index < -0.39 is 6.04 Å². The normalized spacial score (nSPS) is 11.8. The molecule has 1 atom stereocenters. The van der Waals surface area contributed by atoms with E-state index in [1.165, 1.54) is 4.57 Å². The Morgan fingerprint density at radius 1 is 1.05 bits per heavy atom. The molecule has 1 N–H and O–H groups in total. The van der Waals surface area contributed by atoms with Crippen molar-refractivity contribution in [3.63, 3.8) is 0 Å². The third-order valence-corrected chi connectivity index (χ3v) is 6.61. The average Bonchev–Trinajstić information content (AvgIpc) is 3.53. The number of carbonyl (C=O) groups excluding carboxylic acids is 1. The van der Waals surface area contributed by atoms with Gasteiger partial charge in [0.05, 0.1) is 40.9 Å². The van der Waals surface area contributed by atoms with Gasteiger partial charge in [0, 0.05) is 25.0 Å². The van der Waals surface area contributed by atoms with Gasteiger partial charge in [-0.25, -0.2) is 19.5 Å². The van der Waals surface area contributed by atoms with Gasteiger partial charge in [0.15, 0.2) is 5.65 Å². The van der Waals surface area contributed by atoms with Gasteiger partial charge in [-0.15, -0.1) is 0 Å². The zero-order valence-corrected chi connectivity index (χ0v) is 22.0. The van der Waals surface area contributed by atoms with Gasteiger partial charge in [-0.1, -0.05) is 30.2 Å². The Hall–Kier alpha value is -5.56. The fourth-order valence-corrected chi connectivity index (χ4v) is 4.67. The predicted molar refractivity (Wildman–Crippen MR) is 150 cm³/mol. The summed E-state index contributed by atoms with van der Waals surface area (Å²) in [5, 5.41) is 7.79. The molecule has 0 aliphatic carbocycles. The van der Waals surface area contributed by atoms with Crippen LogP contribution in [0.2, 0.25) is 0 Å². The summed E-state index contributed by atoms with van der Waals surface area (Å²) in [4.78, 5) is 40.9. The number of amides is 1. The Bertz CT molecular complexity index is 2030. The third-order valence-electron chi connectivity index (χ3n) is 6.61. The molecule has 10 heteroatoms. The molecule has 0 saturated carbocycles. The molecule has 10 nitrogen and oxygen atoms in total. The van der Waals surface area contributed by atoms with Crippen molar-refractivity contribution in [2.75, 3.05) is 0 Å². The van der Waals surface area contributed by atoms with Crippen LogP contribution in [0, 0.1) is 18.8 Å². The van der Waals surface area contributed by atoms with Crippen LogP contribution < -0.4 is 10.9 Å². The van der Waals surface area contributed by atoms with Gasteiger partial charge < -0.3 is 9.88 Å². The highest BCUT2D eigenvalue weighted by molar-refractivity contribution is 6.01. The number of benzene rings is 2. The first-order valence-corrected chi connectivity index (χ1v) is 12.6. The Morgan fingerprint density at radius 2 is 1.88 bits per heavy atom. The van der Waals surface area contributed by atoms with E-state index in [1.54, 1.807) is 61.5 Å². The van der Waals surface area contributed by atoms with E-state index in [-0.39, 0.29) is 11.5 Å². The maximum Gasteiger partial charge on any atom is 0.267 e. The molecular weight excluding hydrogens is 504 g/mol. The summed E-state index contributed by atoms with van der Waals surface area (Å²) in [5.41, 5.74) is 3.47. The van der Waals surface area contributed by atoms with Gasteiger partial charge in [0.25, 0.3) is 11.5 Å². The molecule has 2 aromatic carbocycles. The molecule has 0 unspecified atom stereocenters. The number of aromatic nitrogens is 7. The Kier molecular flexibility index (Phi) is 6.16. The SMILES string of the molecule is Cc1nn2cccnc2c1C(=O)N[C@H](C)c1nc2cccc(C#Cc3cncn3C)c2c(=O)n1-c1ccccc1. The average molecular weight is 529 g/mol. The second-order valence-corrected chi connectivity index (χ2v) is 9.33. The monoisotopic (exact) mass is 528 g/mol. The van der Waals surface area contributed by atoms with Crippen molar-refractivity contribution >= 4 is 22.5 Å². The molecule has 0 saturated heterocycles. The van der Waals surface area contributed by atoms with Crippen molar-refractivity contribution in [1.82, 2.24) is 39.0 Å². The van der Waals surface area contributed by atoms with Crippen molar-refractivity contribution in [1.29, 1.82) is 0 Å². The lowest BCUT2D eigenvalue weighted by molar-refractivity contribution is 0.0938. The molecule has 6 aromatic rings. The maximum atomic E-state index is 14.1. The number of fused-ring (bicyclic) bond motifs is 2. The Balaban J connectivity index is 1.48. The molecule has 0 radical (unpaired) electrons. The smallest absolute Gasteiger partial charge is 0.267 e. The molecule has 4 heterocycles. The van der Waals surface area contributed by atoms with Gasteiger partial charge in [0.1, 0.15) is 17.1 Å². The number of hydrogen-bond acceptors (Lipinski definition) is 6. The number of rotatable bonds is 4. The summed E-state index contributed by atoms with van der Waals surface area (Å²) >= 11 is 0. The largest absolute Gasteiger partial charge is 0.342 e. The number of carbonyl (C=O) groups is 1. The second-order valence-electron chi connectivity index (χ2n) is 9.33. The van der Waals surface area contributed by atoms with Crippen LogP contribution in [0.25, 0.3) is 22.2 Å². The molecule has 40 heavy (non-hydrogen) atoms. The van der Waals surface area contributed by atoms with E-state index in [9.17, 15) is 9.59 Å². The molecular formula is C30H24N8O2. The fraction of sp³-hybridized carbons (Fsp3) is 0.133. The summed E-state index contributed by atoms with van der Waals surface area (Å²) in [7, 11) is 1.86. The van der Waals surface area contributed by atoms with Crippen LogP contribution in [0.4, 0.5) is 0 Å². The van der Waals surface area contributed by atoms with Crippen LogP contribution in [-0.4, -0.2) is 39.6 Å². The van der Waals surface area contributed by atoms with Crippen molar-refractivity contribution in [3.8, 4) is 17.5 Å². The summed E-state index contributed by atoms with van der Waals surface area (Å²) in [5.74, 6) is 6.24. The highest BCUT2D eigenvalue weighted by Gasteiger charge is 2.24. The van der Waals surface area contributed by atoms with E-state index in [2.05, 4.69) is 32.2 Å². The first-order chi connectivity index (χ1) is 19.4. The summed E-state index contributed by atoms with van der Waals surface area (Å²) in [6.07, 6.45) is 6.69. The number of aryl methyl sites for hydroxylation is 2. The topological polar surface area (TPSA) is 112 Å². The fourth-order valence-electron chi connectivity index (χ4n) is 4.67. The second kappa shape index (κ2) is 9.96. The molecule has 0 aliphatic rings. The van der Waals surface area contributed by atoms with Gasteiger partial charge in [-0.3, -0.25) is 14.2 Å².